The molecule has 0 saturated carbocycles. The van der Waals surface area contributed by atoms with E-state index in [1.165, 1.54) is 41.5 Å². The van der Waals surface area contributed by atoms with Crippen LogP contribution in [-0.2, 0) is 5.41 Å². The summed E-state index contributed by atoms with van der Waals surface area (Å²) in [7, 11) is 0. The molecule has 1 heteroatoms. The SMILES string of the molecule is CCC1CC(C2(C)c3ccccc3-c3c(Cl)cccc32)=CC(C)C1. The number of allylic oxidation sites excluding steroid dienone is 2. The molecule has 4 rings (SSSR count). The molecule has 0 aromatic heterocycles. The molecule has 0 nitrogen and oxygen atoms in total. The summed E-state index contributed by atoms with van der Waals surface area (Å²) >= 11 is 6.63. The predicted molar refractivity (Wildman–Crippen MR) is 104 cm³/mol. The fourth-order valence-electron chi connectivity index (χ4n) is 4.92. The van der Waals surface area contributed by atoms with Gasteiger partial charge in [-0.25, -0.2) is 0 Å². The monoisotopic (exact) mass is 336 g/mol. The molecule has 0 heterocycles. The van der Waals surface area contributed by atoms with Crippen molar-refractivity contribution in [3.05, 3.63) is 70.3 Å². The largest absolute Gasteiger partial charge is 0.0837 e. The summed E-state index contributed by atoms with van der Waals surface area (Å²) in [6, 6.07) is 15.2. The van der Waals surface area contributed by atoms with Gasteiger partial charge in [0.25, 0.3) is 0 Å². The third-order valence-electron chi connectivity index (χ3n) is 6.21. The van der Waals surface area contributed by atoms with Gasteiger partial charge in [-0.3, -0.25) is 0 Å². The summed E-state index contributed by atoms with van der Waals surface area (Å²) in [4.78, 5) is 0. The molecule has 0 spiro atoms. The van der Waals surface area contributed by atoms with Crippen LogP contribution in [0.1, 0.15) is 51.2 Å². The van der Waals surface area contributed by atoms with E-state index in [-0.39, 0.29) is 5.41 Å². The van der Waals surface area contributed by atoms with Crippen LogP contribution in [0.25, 0.3) is 11.1 Å². The number of halogens is 1. The Morgan fingerprint density at radius 3 is 2.62 bits per heavy atom. The van der Waals surface area contributed by atoms with Crippen LogP contribution in [0, 0.1) is 11.8 Å². The molecular formula is C23H25Cl. The molecule has 0 aliphatic heterocycles. The molecule has 0 amide bonds. The molecule has 2 aromatic rings. The topological polar surface area (TPSA) is 0 Å². The van der Waals surface area contributed by atoms with Crippen molar-refractivity contribution in [2.24, 2.45) is 11.8 Å². The number of hydrogen-bond acceptors (Lipinski definition) is 0. The minimum Gasteiger partial charge on any atom is -0.0837 e. The number of fused-ring (bicyclic) bond motifs is 3. The van der Waals surface area contributed by atoms with E-state index in [9.17, 15) is 0 Å². The summed E-state index contributed by atoms with van der Waals surface area (Å²) in [5, 5.41) is 0.875. The van der Waals surface area contributed by atoms with Gasteiger partial charge in [0.1, 0.15) is 0 Å². The average Bonchev–Trinajstić information content (AvgIpc) is 2.86. The van der Waals surface area contributed by atoms with E-state index in [0.29, 0.717) is 5.92 Å². The molecule has 0 radical (unpaired) electrons. The zero-order valence-electron chi connectivity index (χ0n) is 14.8. The highest BCUT2D eigenvalue weighted by atomic mass is 35.5. The highest BCUT2D eigenvalue weighted by Crippen LogP contribution is 2.56. The Balaban J connectivity index is 1.97. The normalized spacial score (nSPS) is 28.2. The Morgan fingerprint density at radius 1 is 1.08 bits per heavy atom. The summed E-state index contributed by atoms with van der Waals surface area (Å²) in [5.41, 5.74) is 6.90. The maximum Gasteiger partial charge on any atom is 0.0487 e. The van der Waals surface area contributed by atoms with Gasteiger partial charge in [-0.05, 0) is 54.4 Å². The predicted octanol–water partition coefficient (Wildman–Crippen LogP) is 7.01. The van der Waals surface area contributed by atoms with Gasteiger partial charge in [0.05, 0.1) is 0 Å². The summed E-state index contributed by atoms with van der Waals surface area (Å²) in [6.07, 6.45) is 6.33. The molecular weight excluding hydrogens is 312 g/mol. The molecule has 124 valence electrons. The first kappa shape index (κ1) is 16.0. The number of benzene rings is 2. The van der Waals surface area contributed by atoms with Crippen molar-refractivity contribution in [2.75, 3.05) is 0 Å². The van der Waals surface area contributed by atoms with Crippen molar-refractivity contribution in [1.82, 2.24) is 0 Å². The molecule has 0 saturated heterocycles. The van der Waals surface area contributed by atoms with Crippen molar-refractivity contribution in [2.45, 2.75) is 45.4 Å². The number of rotatable bonds is 2. The van der Waals surface area contributed by atoms with Crippen LogP contribution >= 0.6 is 11.6 Å². The summed E-state index contributed by atoms with van der Waals surface area (Å²) in [6.45, 7) is 7.10. The van der Waals surface area contributed by atoms with Crippen molar-refractivity contribution in [3.8, 4) is 11.1 Å². The second kappa shape index (κ2) is 5.77. The van der Waals surface area contributed by atoms with Gasteiger partial charge in [-0.1, -0.05) is 79.9 Å². The fourth-order valence-corrected chi connectivity index (χ4v) is 5.20. The van der Waals surface area contributed by atoms with Crippen LogP contribution in [0.15, 0.2) is 54.1 Å². The van der Waals surface area contributed by atoms with Gasteiger partial charge < -0.3 is 0 Å². The third-order valence-corrected chi connectivity index (χ3v) is 6.52. The van der Waals surface area contributed by atoms with E-state index >= 15 is 0 Å². The van der Waals surface area contributed by atoms with Gasteiger partial charge in [0.15, 0.2) is 0 Å². The maximum atomic E-state index is 6.63. The molecule has 24 heavy (non-hydrogen) atoms. The quantitative estimate of drug-likeness (QED) is 0.517. The van der Waals surface area contributed by atoms with E-state index in [1.54, 1.807) is 5.57 Å². The molecule has 2 aliphatic carbocycles. The minimum absolute atomic E-state index is 0.0427. The zero-order chi connectivity index (χ0) is 16.9. The van der Waals surface area contributed by atoms with Crippen LogP contribution in [0.3, 0.4) is 0 Å². The van der Waals surface area contributed by atoms with Crippen LogP contribution < -0.4 is 0 Å². The van der Waals surface area contributed by atoms with Crippen LogP contribution in [-0.4, -0.2) is 0 Å². The molecule has 2 aliphatic rings. The highest BCUT2D eigenvalue weighted by Gasteiger charge is 2.43. The van der Waals surface area contributed by atoms with E-state index in [1.807, 2.05) is 6.07 Å². The molecule has 2 aromatic carbocycles. The van der Waals surface area contributed by atoms with Crippen molar-refractivity contribution >= 4 is 11.6 Å². The second-order valence-corrected chi connectivity index (χ2v) is 8.12. The summed E-state index contributed by atoms with van der Waals surface area (Å²) in [5.74, 6) is 1.46. The van der Waals surface area contributed by atoms with Gasteiger partial charge in [0.2, 0.25) is 0 Å². The van der Waals surface area contributed by atoms with Crippen LogP contribution in [0.4, 0.5) is 0 Å². The molecule has 3 atom stereocenters. The van der Waals surface area contributed by atoms with E-state index in [4.69, 9.17) is 11.6 Å². The minimum atomic E-state index is -0.0427. The van der Waals surface area contributed by atoms with Crippen LogP contribution in [0.2, 0.25) is 5.02 Å². The standard InChI is InChI=1S/C23H25Cl/c1-4-16-12-15(2)13-17(14-16)23(3)19-9-6-5-8-18(19)22-20(23)10-7-11-21(22)24/h5-11,13,15-16H,4,12,14H2,1-3H3. The lowest BCUT2D eigenvalue weighted by atomic mass is 9.67. The first-order chi connectivity index (χ1) is 11.6. The Kier molecular flexibility index (Phi) is 3.84. The maximum absolute atomic E-state index is 6.63. The molecule has 3 unspecified atom stereocenters. The Hall–Kier alpha value is -1.53. The first-order valence-corrected chi connectivity index (χ1v) is 9.53. The third kappa shape index (κ3) is 2.19. The highest BCUT2D eigenvalue weighted by molar-refractivity contribution is 6.33. The molecule has 0 bridgehead atoms. The fraction of sp³-hybridized carbons (Fsp3) is 0.391. The lowest BCUT2D eigenvalue weighted by molar-refractivity contribution is 0.373. The van der Waals surface area contributed by atoms with Gasteiger partial charge in [0, 0.05) is 16.0 Å². The van der Waals surface area contributed by atoms with Crippen molar-refractivity contribution in [3.63, 3.8) is 0 Å². The van der Waals surface area contributed by atoms with Crippen LogP contribution in [0.5, 0.6) is 0 Å². The Bertz CT molecular complexity index is 817. The van der Waals surface area contributed by atoms with E-state index < -0.39 is 0 Å². The zero-order valence-corrected chi connectivity index (χ0v) is 15.5. The van der Waals surface area contributed by atoms with Gasteiger partial charge in [-0.15, -0.1) is 0 Å². The first-order valence-electron chi connectivity index (χ1n) is 9.15. The second-order valence-electron chi connectivity index (χ2n) is 7.72. The summed E-state index contributed by atoms with van der Waals surface area (Å²) < 4.78 is 0. The molecule has 0 N–H and O–H groups in total. The van der Waals surface area contributed by atoms with Crippen molar-refractivity contribution in [1.29, 1.82) is 0 Å². The Labute approximate surface area is 150 Å². The smallest absolute Gasteiger partial charge is 0.0487 e. The van der Waals surface area contributed by atoms with Gasteiger partial charge in [-0.2, -0.15) is 0 Å². The van der Waals surface area contributed by atoms with Crippen molar-refractivity contribution < 1.29 is 0 Å². The van der Waals surface area contributed by atoms with E-state index in [2.05, 4.69) is 63.2 Å². The average molecular weight is 337 g/mol. The number of hydrogen-bond donors (Lipinski definition) is 0. The Morgan fingerprint density at radius 2 is 1.83 bits per heavy atom. The lowest BCUT2D eigenvalue weighted by Crippen LogP contribution is -2.28. The lowest BCUT2D eigenvalue weighted by Gasteiger charge is -2.37. The van der Waals surface area contributed by atoms with E-state index in [0.717, 1.165) is 10.9 Å². The molecule has 0 fully saturated rings. The van der Waals surface area contributed by atoms with Gasteiger partial charge >= 0.3 is 0 Å².